The molecule has 29 heavy (non-hydrogen) atoms. The minimum Gasteiger partial charge on any atom is -0.289 e. The van der Waals surface area contributed by atoms with E-state index in [0.29, 0.717) is 23.5 Å². The monoisotopic (exact) mass is 388 g/mol. The molecule has 0 amide bonds. The first kappa shape index (κ1) is 17.3. The smallest absolute Gasteiger partial charge is 0.272 e. The topological polar surface area (TPSA) is 80.9 Å². The maximum atomic E-state index is 13.2. The number of aromatic nitrogens is 6. The molecule has 0 fully saturated rings. The van der Waals surface area contributed by atoms with E-state index in [4.69, 9.17) is 0 Å². The minimum atomic E-state index is -0.308. The summed E-state index contributed by atoms with van der Waals surface area (Å²) >= 11 is 0. The molecule has 3 heterocycles. The van der Waals surface area contributed by atoms with Crippen LogP contribution in [0.25, 0.3) is 27.9 Å². The lowest BCUT2D eigenvalue weighted by Crippen LogP contribution is -2.18. The molecule has 0 saturated carbocycles. The summed E-state index contributed by atoms with van der Waals surface area (Å²) in [5, 5.41) is 11.5. The Bertz CT molecular complexity index is 1380. The summed E-state index contributed by atoms with van der Waals surface area (Å²) in [6, 6.07) is 17.1. The Morgan fingerprint density at radius 3 is 2.72 bits per heavy atom. The van der Waals surface area contributed by atoms with E-state index in [-0.39, 0.29) is 17.4 Å². The predicted molar refractivity (Wildman–Crippen MR) is 107 cm³/mol. The van der Waals surface area contributed by atoms with Crippen molar-refractivity contribution in [2.24, 2.45) is 0 Å². The Hall–Kier alpha value is -3.81. The van der Waals surface area contributed by atoms with Gasteiger partial charge in [-0.2, -0.15) is 0 Å². The zero-order valence-corrected chi connectivity index (χ0v) is 15.6. The first-order valence-electron chi connectivity index (χ1n) is 9.26. The normalized spacial score (nSPS) is 12.6. The molecule has 0 radical (unpaired) electrons. The Balaban J connectivity index is 1.49. The van der Waals surface area contributed by atoms with Gasteiger partial charge in [-0.1, -0.05) is 17.3 Å². The predicted octanol–water partition coefficient (Wildman–Crippen LogP) is 3.38. The molecule has 2 aromatic carbocycles. The van der Waals surface area contributed by atoms with Crippen LogP contribution in [0.3, 0.4) is 0 Å². The van der Waals surface area contributed by atoms with Gasteiger partial charge in [-0.25, -0.2) is 18.6 Å². The van der Waals surface area contributed by atoms with E-state index in [9.17, 15) is 9.18 Å². The fraction of sp³-hybridized carbons (Fsp3) is 0.143. The lowest BCUT2D eigenvalue weighted by Gasteiger charge is -2.12. The molecule has 1 unspecified atom stereocenters. The number of aromatic amines is 1. The average Bonchev–Trinajstić information content (AvgIpc) is 3.33. The summed E-state index contributed by atoms with van der Waals surface area (Å²) in [5.41, 5.74) is 4.24. The van der Waals surface area contributed by atoms with Crippen molar-refractivity contribution >= 4 is 16.7 Å². The molecule has 7 nitrogen and oxygen atoms in total. The fourth-order valence-corrected chi connectivity index (χ4v) is 3.52. The highest BCUT2D eigenvalue weighted by molar-refractivity contribution is 5.74. The standard InChI is InChI=1S/C21H17FN6O/c1-13(27-19-5-3-2-4-17(19)24-26-27)10-16-11-21(29)28-20(23-16)12-18(25-28)14-6-8-15(22)9-7-14/h2-9,11-13,25H,10H2,1H3. The fourth-order valence-electron chi connectivity index (χ4n) is 3.52. The third-order valence-electron chi connectivity index (χ3n) is 4.96. The Morgan fingerprint density at radius 2 is 1.90 bits per heavy atom. The van der Waals surface area contributed by atoms with E-state index in [1.807, 2.05) is 35.9 Å². The van der Waals surface area contributed by atoms with Gasteiger partial charge in [0.2, 0.25) is 0 Å². The van der Waals surface area contributed by atoms with E-state index < -0.39 is 0 Å². The van der Waals surface area contributed by atoms with Crippen molar-refractivity contribution in [2.45, 2.75) is 19.4 Å². The summed E-state index contributed by atoms with van der Waals surface area (Å²) in [6.07, 6.45) is 0.538. The lowest BCUT2D eigenvalue weighted by atomic mass is 10.1. The van der Waals surface area contributed by atoms with Gasteiger partial charge in [-0.3, -0.25) is 9.89 Å². The molecule has 5 aromatic rings. The molecule has 0 saturated heterocycles. The van der Waals surface area contributed by atoms with E-state index in [1.54, 1.807) is 18.2 Å². The molecular formula is C21H17FN6O. The largest absolute Gasteiger partial charge is 0.289 e. The third kappa shape index (κ3) is 3.08. The quantitative estimate of drug-likeness (QED) is 0.512. The summed E-state index contributed by atoms with van der Waals surface area (Å²) < 4.78 is 16.4. The number of fused-ring (bicyclic) bond motifs is 2. The molecule has 5 rings (SSSR count). The second-order valence-corrected chi connectivity index (χ2v) is 7.03. The summed E-state index contributed by atoms with van der Waals surface area (Å²) in [4.78, 5) is 17.2. The number of rotatable bonds is 4. The number of hydrogen-bond donors (Lipinski definition) is 1. The van der Waals surface area contributed by atoms with Crippen LogP contribution in [0.15, 0.2) is 65.5 Å². The van der Waals surface area contributed by atoms with Crippen LogP contribution in [0.4, 0.5) is 4.39 Å². The molecule has 0 bridgehead atoms. The number of H-pyrrole nitrogens is 1. The molecule has 3 aromatic heterocycles. The van der Waals surface area contributed by atoms with Crippen LogP contribution in [-0.2, 0) is 6.42 Å². The van der Waals surface area contributed by atoms with Crippen molar-refractivity contribution in [1.29, 1.82) is 0 Å². The zero-order valence-electron chi connectivity index (χ0n) is 15.6. The highest BCUT2D eigenvalue weighted by atomic mass is 19.1. The molecule has 8 heteroatoms. The van der Waals surface area contributed by atoms with Crippen molar-refractivity contribution < 1.29 is 4.39 Å². The number of nitrogens with one attached hydrogen (secondary N) is 1. The van der Waals surface area contributed by atoms with E-state index in [2.05, 4.69) is 20.4 Å². The Kier molecular flexibility index (Phi) is 3.97. The summed E-state index contributed by atoms with van der Waals surface area (Å²) in [7, 11) is 0. The van der Waals surface area contributed by atoms with Crippen LogP contribution < -0.4 is 5.56 Å². The molecule has 0 aliphatic rings. The van der Waals surface area contributed by atoms with Gasteiger partial charge < -0.3 is 0 Å². The molecule has 1 atom stereocenters. The van der Waals surface area contributed by atoms with Crippen molar-refractivity contribution in [2.75, 3.05) is 0 Å². The van der Waals surface area contributed by atoms with Crippen molar-refractivity contribution in [3.05, 3.63) is 82.5 Å². The second kappa shape index (κ2) is 6.66. The van der Waals surface area contributed by atoms with Gasteiger partial charge in [-0.15, -0.1) is 5.10 Å². The maximum absolute atomic E-state index is 13.2. The maximum Gasteiger partial charge on any atom is 0.272 e. The van der Waals surface area contributed by atoms with Gasteiger partial charge in [0.15, 0.2) is 5.65 Å². The molecule has 144 valence electrons. The van der Waals surface area contributed by atoms with Crippen molar-refractivity contribution in [3.63, 3.8) is 0 Å². The van der Waals surface area contributed by atoms with Gasteiger partial charge in [0, 0.05) is 18.6 Å². The third-order valence-corrected chi connectivity index (χ3v) is 4.96. The summed E-state index contributed by atoms with van der Waals surface area (Å²) in [5.74, 6) is -0.308. The van der Waals surface area contributed by atoms with Gasteiger partial charge in [0.1, 0.15) is 11.3 Å². The minimum absolute atomic E-state index is 0.0211. The highest BCUT2D eigenvalue weighted by Gasteiger charge is 2.14. The lowest BCUT2D eigenvalue weighted by molar-refractivity contribution is 0.484. The van der Waals surface area contributed by atoms with Crippen LogP contribution in [-0.4, -0.2) is 29.6 Å². The van der Waals surface area contributed by atoms with E-state index >= 15 is 0 Å². The van der Waals surface area contributed by atoms with E-state index in [0.717, 1.165) is 16.6 Å². The van der Waals surface area contributed by atoms with Crippen LogP contribution in [0.1, 0.15) is 18.7 Å². The van der Waals surface area contributed by atoms with Crippen molar-refractivity contribution in [1.82, 2.24) is 29.6 Å². The van der Waals surface area contributed by atoms with Crippen LogP contribution in [0.2, 0.25) is 0 Å². The number of hydrogen-bond acceptors (Lipinski definition) is 4. The highest BCUT2D eigenvalue weighted by Crippen LogP contribution is 2.21. The van der Waals surface area contributed by atoms with Crippen LogP contribution in [0.5, 0.6) is 0 Å². The van der Waals surface area contributed by atoms with Gasteiger partial charge in [0.05, 0.1) is 22.9 Å². The number of benzene rings is 2. The van der Waals surface area contributed by atoms with Crippen LogP contribution >= 0.6 is 0 Å². The van der Waals surface area contributed by atoms with Gasteiger partial charge >= 0.3 is 0 Å². The number of para-hydroxylation sites is 1. The number of nitrogens with zero attached hydrogens (tertiary/aromatic N) is 5. The molecule has 1 N–H and O–H groups in total. The Morgan fingerprint density at radius 1 is 1.10 bits per heavy atom. The molecule has 0 aliphatic carbocycles. The van der Waals surface area contributed by atoms with Crippen molar-refractivity contribution in [3.8, 4) is 11.3 Å². The number of halogens is 1. The first-order valence-corrected chi connectivity index (χ1v) is 9.26. The zero-order chi connectivity index (χ0) is 20.0. The average molecular weight is 388 g/mol. The molecule has 0 aliphatic heterocycles. The summed E-state index contributed by atoms with van der Waals surface area (Å²) in [6.45, 7) is 2.02. The van der Waals surface area contributed by atoms with Gasteiger partial charge in [-0.05, 0) is 48.9 Å². The molecular weight excluding hydrogens is 371 g/mol. The second-order valence-electron chi connectivity index (χ2n) is 7.03. The van der Waals surface area contributed by atoms with E-state index in [1.165, 1.54) is 22.7 Å². The first-order chi connectivity index (χ1) is 14.1. The SMILES string of the molecule is CC(Cc1cc(=O)n2[nH]c(-c3ccc(F)cc3)cc2n1)n1nnc2ccccc21. The Labute approximate surface area is 164 Å². The molecule has 0 spiro atoms. The van der Waals surface area contributed by atoms with Crippen LogP contribution in [0, 0.1) is 5.82 Å². The van der Waals surface area contributed by atoms with Gasteiger partial charge in [0.25, 0.3) is 5.56 Å².